The van der Waals surface area contributed by atoms with Crippen molar-refractivity contribution in [1.29, 1.82) is 0 Å². The predicted octanol–water partition coefficient (Wildman–Crippen LogP) is 1.78. The molecule has 0 radical (unpaired) electrons. The van der Waals surface area contributed by atoms with Gasteiger partial charge in [0.05, 0.1) is 6.20 Å². The highest BCUT2D eigenvalue weighted by molar-refractivity contribution is 5.26. The van der Waals surface area contributed by atoms with E-state index in [4.69, 9.17) is 10.5 Å². The van der Waals surface area contributed by atoms with E-state index in [9.17, 15) is 8.78 Å². The van der Waals surface area contributed by atoms with E-state index in [2.05, 4.69) is 5.10 Å². The zero-order valence-corrected chi connectivity index (χ0v) is 9.81. The number of halogens is 2. The standard InChI is InChI=1S/C12H13F2N3O/c1-17-7-8(6-16-17)12(5-15)18-11-3-2-9(13)4-10(11)14/h2-4,6-7,12H,5,15H2,1H3. The number of hydrogen-bond acceptors (Lipinski definition) is 3. The molecule has 1 unspecified atom stereocenters. The molecule has 2 N–H and O–H groups in total. The van der Waals surface area contributed by atoms with Crippen molar-refractivity contribution in [3.8, 4) is 5.75 Å². The number of benzene rings is 1. The average molecular weight is 253 g/mol. The molecule has 0 aliphatic rings. The second kappa shape index (κ2) is 5.14. The fraction of sp³-hybridized carbons (Fsp3) is 0.250. The number of hydrogen-bond donors (Lipinski definition) is 1. The van der Waals surface area contributed by atoms with E-state index < -0.39 is 17.7 Å². The lowest BCUT2D eigenvalue weighted by Gasteiger charge is -2.16. The van der Waals surface area contributed by atoms with Gasteiger partial charge >= 0.3 is 0 Å². The Kier molecular flexibility index (Phi) is 3.57. The van der Waals surface area contributed by atoms with Crippen molar-refractivity contribution in [2.45, 2.75) is 6.10 Å². The van der Waals surface area contributed by atoms with Crippen LogP contribution in [-0.2, 0) is 7.05 Å². The summed E-state index contributed by atoms with van der Waals surface area (Å²) < 4.78 is 33.2. The van der Waals surface area contributed by atoms with Crippen LogP contribution in [0.25, 0.3) is 0 Å². The van der Waals surface area contributed by atoms with Gasteiger partial charge in [0, 0.05) is 31.4 Å². The first kappa shape index (κ1) is 12.5. The third-order valence-electron chi connectivity index (χ3n) is 2.47. The van der Waals surface area contributed by atoms with Crippen molar-refractivity contribution in [3.63, 3.8) is 0 Å². The maximum atomic E-state index is 13.4. The maximum Gasteiger partial charge on any atom is 0.168 e. The van der Waals surface area contributed by atoms with E-state index in [0.717, 1.165) is 17.7 Å². The number of ether oxygens (including phenoxy) is 1. The zero-order valence-electron chi connectivity index (χ0n) is 9.81. The first-order valence-electron chi connectivity index (χ1n) is 5.40. The Morgan fingerprint density at radius 3 is 2.78 bits per heavy atom. The maximum absolute atomic E-state index is 13.4. The number of rotatable bonds is 4. The molecule has 0 aliphatic heterocycles. The van der Waals surface area contributed by atoms with Crippen LogP contribution < -0.4 is 10.5 Å². The lowest BCUT2D eigenvalue weighted by Crippen LogP contribution is -2.18. The molecule has 1 aromatic heterocycles. The van der Waals surface area contributed by atoms with Crippen molar-refractivity contribution < 1.29 is 13.5 Å². The lowest BCUT2D eigenvalue weighted by molar-refractivity contribution is 0.204. The van der Waals surface area contributed by atoms with Crippen LogP contribution in [0.5, 0.6) is 5.75 Å². The van der Waals surface area contributed by atoms with Gasteiger partial charge in [0.15, 0.2) is 11.6 Å². The van der Waals surface area contributed by atoms with Crippen LogP contribution in [0, 0.1) is 11.6 Å². The Bertz CT molecular complexity index is 542. The van der Waals surface area contributed by atoms with Gasteiger partial charge < -0.3 is 10.5 Å². The second-order valence-corrected chi connectivity index (χ2v) is 3.86. The smallest absolute Gasteiger partial charge is 0.168 e. The molecule has 2 rings (SSSR count). The highest BCUT2D eigenvalue weighted by Gasteiger charge is 2.15. The van der Waals surface area contributed by atoms with Gasteiger partial charge in [-0.05, 0) is 12.1 Å². The molecule has 1 heterocycles. The monoisotopic (exact) mass is 253 g/mol. The van der Waals surface area contributed by atoms with Crippen LogP contribution in [-0.4, -0.2) is 16.3 Å². The minimum absolute atomic E-state index is 0.0318. The van der Waals surface area contributed by atoms with Crippen molar-refractivity contribution >= 4 is 0 Å². The number of nitrogens with two attached hydrogens (primary N) is 1. The first-order chi connectivity index (χ1) is 8.60. The molecule has 1 aromatic carbocycles. The van der Waals surface area contributed by atoms with Crippen LogP contribution in [0.4, 0.5) is 8.78 Å². The molecule has 6 heteroatoms. The van der Waals surface area contributed by atoms with Gasteiger partial charge in [0.25, 0.3) is 0 Å². The van der Waals surface area contributed by atoms with E-state index >= 15 is 0 Å². The van der Waals surface area contributed by atoms with E-state index in [-0.39, 0.29) is 12.3 Å². The summed E-state index contributed by atoms with van der Waals surface area (Å²) in [5.41, 5.74) is 6.32. The highest BCUT2D eigenvalue weighted by atomic mass is 19.1. The summed E-state index contributed by atoms with van der Waals surface area (Å²) in [6.07, 6.45) is 2.82. The molecular formula is C12H13F2N3O. The van der Waals surface area contributed by atoms with Crippen LogP contribution in [0.2, 0.25) is 0 Å². The molecule has 0 aliphatic carbocycles. The molecular weight excluding hydrogens is 240 g/mol. The summed E-state index contributed by atoms with van der Waals surface area (Å²) >= 11 is 0. The van der Waals surface area contributed by atoms with Crippen LogP contribution >= 0.6 is 0 Å². The normalized spacial score (nSPS) is 12.4. The van der Waals surface area contributed by atoms with Crippen LogP contribution in [0.1, 0.15) is 11.7 Å². The van der Waals surface area contributed by atoms with Gasteiger partial charge in [-0.2, -0.15) is 5.10 Å². The quantitative estimate of drug-likeness (QED) is 0.903. The molecule has 2 aromatic rings. The molecule has 0 saturated carbocycles. The van der Waals surface area contributed by atoms with Crippen molar-refractivity contribution in [1.82, 2.24) is 9.78 Å². The summed E-state index contributed by atoms with van der Waals surface area (Å²) in [4.78, 5) is 0. The van der Waals surface area contributed by atoms with E-state index in [0.29, 0.717) is 0 Å². The van der Waals surface area contributed by atoms with Crippen LogP contribution in [0.15, 0.2) is 30.6 Å². The van der Waals surface area contributed by atoms with Gasteiger partial charge in [-0.3, -0.25) is 4.68 Å². The SMILES string of the molecule is Cn1cc(C(CN)Oc2ccc(F)cc2F)cn1. The molecule has 0 amide bonds. The van der Waals surface area contributed by atoms with Crippen molar-refractivity contribution in [2.24, 2.45) is 12.8 Å². The van der Waals surface area contributed by atoms with Crippen molar-refractivity contribution in [3.05, 3.63) is 47.8 Å². The van der Waals surface area contributed by atoms with E-state index in [1.807, 2.05) is 0 Å². The molecule has 0 bridgehead atoms. The average Bonchev–Trinajstić information content (AvgIpc) is 2.75. The zero-order chi connectivity index (χ0) is 13.1. The summed E-state index contributed by atoms with van der Waals surface area (Å²) in [5, 5.41) is 3.99. The van der Waals surface area contributed by atoms with Gasteiger partial charge in [-0.25, -0.2) is 8.78 Å². The lowest BCUT2D eigenvalue weighted by atomic mass is 10.2. The Morgan fingerprint density at radius 2 is 2.22 bits per heavy atom. The Labute approximate surface area is 103 Å². The topological polar surface area (TPSA) is 53.1 Å². The minimum Gasteiger partial charge on any atom is -0.481 e. The molecule has 18 heavy (non-hydrogen) atoms. The summed E-state index contributed by atoms with van der Waals surface area (Å²) in [7, 11) is 1.76. The Balaban J connectivity index is 2.20. The van der Waals surface area contributed by atoms with Crippen molar-refractivity contribution in [2.75, 3.05) is 6.54 Å². The number of nitrogens with zero attached hydrogens (tertiary/aromatic N) is 2. The second-order valence-electron chi connectivity index (χ2n) is 3.86. The first-order valence-corrected chi connectivity index (χ1v) is 5.40. The molecule has 4 nitrogen and oxygen atoms in total. The largest absolute Gasteiger partial charge is 0.481 e. The number of aryl methyl sites for hydroxylation is 1. The molecule has 0 saturated heterocycles. The summed E-state index contributed by atoms with van der Waals surface area (Å²) in [6.45, 7) is 0.169. The van der Waals surface area contributed by atoms with Gasteiger partial charge in [0.1, 0.15) is 11.9 Å². The van der Waals surface area contributed by atoms with E-state index in [1.54, 1.807) is 24.1 Å². The Morgan fingerprint density at radius 1 is 1.44 bits per heavy atom. The van der Waals surface area contributed by atoms with E-state index in [1.165, 1.54) is 6.07 Å². The van der Waals surface area contributed by atoms with Gasteiger partial charge in [-0.15, -0.1) is 0 Å². The minimum atomic E-state index is -0.752. The fourth-order valence-corrected chi connectivity index (χ4v) is 1.58. The van der Waals surface area contributed by atoms with Crippen LogP contribution in [0.3, 0.4) is 0 Å². The molecule has 0 fully saturated rings. The van der Waals surface area contributed by atoms with Gasteiger partial charge in [0.2, 0.25) is 0 Å². The van der Waals surface area contributed by atoms with Gasteiger partial charge in [-0.1, -0.05) is 0 Å². The fourth-order valence-electron chi connectivity index (χ4n) is 1.58. The third kappa shape index (κ3) is 2.65. The number of aromatic nitrogens is 2. The highest BCUT2D eigenvalue weighted by Crippen LogP contribution is 2.24. The molecule has 0 spiro atoms. The molecule has 96 valence electrons. The predicted molar refractivity (Wildman–Crippen MR) is 62.0 cm³/mol. The summed E-state index contributed by atoms with van der Waals surface area (Å²) in [6, 6.07) is 3.14. The Hall–Kier alpha value is -1.95. The molecule has 1 atom stereocenters. The third-order valence-corrected chi connectivity index (χ3v) is 2.47. The summed E-state index contributed by atoms with van der Waals surface area (Å²) in [5.74, 6) is -1.43.